The molecule has 1 amide bonds. The van der Waals surface area contributed by atoms with Gasteiger partial charge in [0.25, 0.3) is 0 Å². The van der Waals surface area contributed by atoms with E-state index in [1.807, 2.05) is 29.4 Å². The lowest BCUT2D eigenvalue weighted by molar-refractivity contribution is -0.113. The second-order valence-electron chi connectivity index (χ2n) is 5.81. The van der Waals surface area contributed by atoms with E-state index in [2.05, 4.69) is 21.5 Å². The van der Waals surface area contributed by atoms with E-state index < -0.39 is 0 Å². The molecule has 8 heteroatoms. The average molecular weight is 405 g/mol. The molecule has 0 spiro atoms. The Hall–Kier alpha value is -2.02. The summed E-state index contributed by atoms with van der Waals surface area (Å²) in [5.41, 5.74) is 2.59. The maximum absolute atomic E-state index is 12.3. The summed E-state index contributed by atoms with van der Waals surface area (Å²) in [6, 6.07) is 13.1. The number of rotatable bonds is 3. The molecule has 26 heavy (non-hydrogen) atoms. The Morgan fingerprint density at radius 1 is 1.27 bits per heavy atom. The molecule has 1 N–H and O–H groups in total. The zero-order valence-corrected chi connectivity index (χ0v) is 15.9. The summed E-state index contributed by atoms with van der Waals surface area (Å²) in [6.07, 6.45) is 2.72. The van der Waals surface area contributed by atoms with Crippen LogP contribution < -0.4 is 5.32 Å². The van der Waals surface area contributed by atoms with E-state index in [4.69, 9.17) is 23.2 Å². The van der Waals surface area contributed by atoms with Crippen LogP contribution >= 0.6 is 35.0 Å². The van der Waals surface area contributed by atoms with E-state index in [0.29, 0.717) is 15.7 Å². The molecule has 2 aliphatic rings. The first kappa shape index (κ1) is 17.4. The molecule has 0 aromatic heterocycles. The van der Waals surface area contributed by atoms with Crippen LogP contribution in [0, 0.1) is 0 Å². The van der Waals surface area contributed by atoms with Crippen LogP contribution in [0.2, 0.25) is 10.0 Å². The van der Waals surface area contributed by atoms with Crippen molar-refractivity contribution < 1.29 is 4.79 Å². The number of hydrogen-bond donors (Lipinski definition) is 1. The SMILES string of the molecule is O=C(CSC1=Nc2ccccc2C2CC=NN12)Nc1cc(Cl)ccc1Cl. The molecule has 1 unspecified atom stereocenters. The number of amidine groups is 1. The van der Waals surface area contributed by atoms with Gasteiger partial charge < -0.3 is 5.32 Å². The van der Waals surface area contributed by atoms with Crippen molar-refractivity contribution in [1.82, 2.24) is 5.01 Å². The minimum Gasteiger partial charge on any atom is -0.324 e. The summed E-state index contributed by atoms with van der Waals surface area (Å²) < 4.78 is 0. The van der Waals surface area contributed by atoms with Gasteiger partial charge in [-0.25, -0.2) is 10.0 Å². The van der Waals surface area contributed by atoms with E-state index in [1.54, 1.807) is 18.2 Å². The van der Waals surface area contributed by atoms with Crippen LogP contribution in [0.5, 0.6) is 0 Å². The summed E-state index contributed by atoms with van der Waals surface area (Å²) >= 11 is 13.4. The van der Waals surface area contributed by atoms with Crippen LogP contribution in [0.1, 0.15) is 18.0 Å². The molecule has 2 aromatic rings. The first-order chi connectivity index (χ1) is 12.6. The molecule has 0 radical (unpaired) electrons. The fraction of sp³-hybridized carbons (Fsp3) is 0.167. The zero-order chi connectivity index (χ0) is 18.1. The van der Waals surface area contributed by atoms with Gasteiger partial charge in [-0.15, -0.1) is 0 Å². The third-order valence-electron chi connectivity index (χ3n) is 4.07. The van der Waals surface area contributed by atoms with Crippen LogP contribution in [0.4, 0.5) is 11.4 Å². The molecular weight excluding hydrogens is 391 g/mol. The molecule has 2 aromatic carbocycles. The molecule has 0 fully saturated rings. The lowest BCUT2D eigenvalue weighted by Gasteiger charge is -2.29. The average Bonchev–Trinajstić information content (AvgIpc) is 3.13. The van der Waals surface area contributed by atoms with Crippen molar-refractivity contribution in [3.05, 3.63) is 58.1 Å². The molecule has 2 aliphatic heterocycles. The smallest absolute Gasteiger partial charge is 0.234 e. The molecule has 2 heterocycles. The second kappa shape index (κ2) is 7.31. The molecule has 4 rings (SSSR count). The highest BCUT2D eigenvalue weighted by Crippen LogP contribution is 2.40. The number of carbonyl (C=O) groups is 1. The Morgan fingerprint density at radius 3 is 3.00 bits per heavy atom. The summed E-state index contributed by atoms with van der Waals surface area (Å²) in [5.74, 6) is 0.0169. The number of carbonyl (C=O) groups excluding carboxylic acids is 1. The van der Waals surface area contributed by atoms with Gasteiger partial charge >= 0.3 is 0 Å². The number of hydrogen-bond acceptors (Lipinski definition) is 5. The Bertz CT molecular complexity index is 931. The molecule has 0 bridgehead atoms. The van der Waals surface area contributed by atoms with Crippen molar-refractivity contribution in [3.8, 4) is 0 Å². The van der Waals surface area contributed by atoms with Gasteiger partial charge in [0.05, 0.1) is 28.2 Å². The Labute approximate surface area is 165 Å². The molecule has 0 saturated carbocycles. The number of nitrogens with one attached hydrogen (secondary N) is 1. The Balaban J connectivity index is 1.47. The minimum absolute atomic E-state index is 0.150. The number of nitrogens with zero attached hydrogens (tertiary/aromatic N) is 3. The normalized spacial score (nSPS) is 17.5. The molecule has 132 valence electrons. The fourth-order valence-electron chi connectivity index (χ4n) is 2.89. The summed E-state index contributed by atoms with van der Waals surface area (Å²) in [6.45, 7) is 0. The van der Waals surface area contributed by atoms with Gasteiger partial charge in [0.2, 0.25) is 5.91 Å². The Kier molecular flexibility index (Phi) is 4.89. The first-order valence-electron chi connectivity index (χ1n) is 7.99. The van der Waals surface area contributed by atoms with E-state index >= 15 is 0 Å². The lowest BCUT2D eigenvalue weighted by Crippen LogP contribution is -2.29. The van der Waals surface area contributed by atoms with Gasteiger partial charge in [-0.05, 0) is 24.3 Å². The van der Waals surface area contributed by atoms with Gasteiger partial charge in [-0.2, -0.15) is 5.10 Å². The first-order valence-corrected chi connectivity index (χ1v) is 9.73. The number of fused-ring (bicyclic) bond motifs is 3. The van der Waals surface area contributed by atoms with Gasteiger partial charge in [0.15, 0.2) is 5.17 Å². The van der Waals surface area contributed by atoms with Crippen LogP contribution in [-0.2, 0) is 4.79 Å². The number of hydrazone groups is 1. The lowest BCUT2D eigenvalue weighted by atomic mass is 10.0. The van der Waals surface area contributed by atoms with Crippen molar-refractivity contribution in [2.75, 3.05) is 11.1 Å². The molecular formula is C18H14Cl2N4OS. The van der Waals surface area contributed by atoms with Crippen LogP contribution in [0.25, 0.3) is 0 Å². The van der Waals surface area contributed by atoms with Gasteiger partial charge in [-0.3, -0.25) is 4.79 Å². The standard InChI is InChI=1S/C18H14Cl2N4OS/c19-11-5-6-13(20)15(9-11)22-17(25)10-26-18-23-14-4-2-1-3-12(14)16-7-8-21-24(16)18/h1-6,8-9,16H,7,10H2,(H,22,25). The van der Waals surface area contributed by atoms with E-state index in [-0.39, 0.29) is 17.7 Å². The number of para-hydroxylation sites is 1. The number of halogens is 2. The van der Waals surface area contributed by atoms with Gasteiger partial charge in [0, 0.05) is 23.2 Å². The van der Waals surface area contributed by atoms with E-state index in [9.17, 15) is 4.79 Å². The molecule has 1 atom stereocenters. The largest absolute Gasteiger partial charge is 0.324 e. The summed E-state index contributed by atoms with van der Waals surface area (Å²) in [5, 5.41) is 10.8. The highest BCUT2D eigenvalue weighted by molar-refractivity contribution is 8.14. The highest BCUT2D eigenvalue weighted by atomic mass is 35.5. The molecule has 0 aliphatic carbocycles. The quantitative estimate of drug-likeness (QED) is 0.773. The zero-order valence-electron chi connectivity index (χ0n) is 13.5. The van der Waals surface area contributed by atoms with Crippen molar-refractivity contribution in [2.24, 2.45) is 10.1 Å². The third kappa shape index (κ3) is 3.45. The maximum Gasteiger partial charge on any atom is 0.234 e. The Morgan fingerprint density at radius 2 is 2.12 bits per heavy atom. The highest BCUT2D eigenvalue weighted by Gasteiger charge is 2.32. The van der Waals surface area contributed by atoms with E-state index in [0.717, 1.165) is 22.8 Å². The van der Waals surface area contributed by atoms with E-state index in [1.165, 1.54) is 11.8 Å². The predicted octanol–water partition coefficient (Wildman–Crippen LogP) is 5.10. The van der Waals surface area contributed by atoms with Crippen molar-refractivity contribution in [1.29, 1.82) is 0 Å². The monoisotopic (exact) mass is 404 g/mol. The van der Waals surface area contributed by atoms with Crippen LogP contribution in [0.3, 0.4) is 0 Å². The van der Waals surface area contributed by atoms with Gasteiger partial charge in [0.1, 0.15) is 0 Å². The number of aliphatic imine (C=N–C) groups is 1. The third-order valence-corrected chi connectivity index (χ3v) is 5.58. The number of anilines is 1. The van der Waals surface area contributed by atoms with Crippen LogP contribution in [-0.4, -0.2) is 28.1 Å². The minimum atomic E-state index is -0.180. The number of amides is 1. The van der Waals surface area contributed by atoms with Crippen LogP contribution in [0.15, 0.2) is 52.6 Å². The van der Waals surface area contributed by atoms with Gasteiger partial charge in [-0.1, -0.05) is 53.2 Å². The summed E-state index contributed by atoms with van der Waals surface area (Å²) in [7, 11) is 0. The molecule has 0 saturated heterocycles. The van der Waals surface area contributed by atoms with Crippen molar-refractivity contribution >= 4 is 63.6 Å². The number of thioether (sulfide) groups is 1. The summed E-state index contributed by atoms with van der Waals surface area (Å²) in [4.78, 5) is 17.0. The van der Waals surface area contributed by atoms with Crippen molar-refractivity contribution in [3.63, 3.8) is 0 Å². The van der Waals surface area contributed by atoms with Crippen molar-refractivity contribution in [2.45, 2.75) is 12.5 Å². The molecule has 5 nitrogen and oxygen atoms in total. The topological polar surface area (TPSA) is 57.1 Å². The predicted molar refractivity (Wildman–Crippen MR) is 109 cm³/mol. The fourth-order valence-corrected chi connectivity index (χ4v) is 4.03. The second-order valence-corrected chi connectivity index (χ2v) is 7.59. The number of benzene rings is 2. The maximum atomic E-state index is 12.3.